The molecule has 3 aliphatic rings. The molecule has 1 amide bonds. The van der Waals surface area contributed by atoms with Gasteiger partial charge < -0.3 is 9.88 Å². The molecule has 0 radical (unpaired) electrons. The molecule has 3 saturated heterocycles. The van der Waals surface area contributed by atoms with Crippen LogP contribution in [0.1, 0.15) is 31.5 Å². The highest BCUT2D eigenvalue weighted by Crippen LogP contribution is 2.32. The van der Waals surface area contributed by atoms with Crippen LogP contribution in [0.4, 0.5) is 13.2 Å². The van der Waals surface area contributed by atoms with E-state index in [1.54, 1.807) is 4.90 Å². The molecule has 3 fully saturated rings. The van der Waals surface area contributed by atoms with E-state index >= 15 is 0 Å². The number of hydrogen-bond donors (Lipinski definition) is 1. The average molecular weight is 456 g/mol. The van der Waals surface area contributed by atoms with E-state index in [9.17, 15) is 18.0 Å². The zero-order chi connectivity index (χ0) is 21.8. The van der Waals surface area contributed by atoms with Crippen LogP contribution < -0.4 is 0 Å². The quantitative estimate of drug-likeness (QED) is 0.769. The highest BCUT2D eigenvalue weighted by molar-refractivity contribution is 6.34. The molecule has 10 heteroatoms. The van der Waals surface area contributed by atoms with E-state index in [4.69, 9.17) is 11.6 Å². The number of carbonyl (C=O) groups excluding carboxylic acids is 1. The number of halogens is 4. The van der Waals surface area contributed by atoms with Gasteiger partial charge in [-0.1, -0.05) is 11.6 Å². The number of nitrogens with zero attached hydrogens (tertiary/aromatic N) is 4. The number of piperazine rings is 1. The van der Waals surface area contributed by atoms with Gasteiger partial charge >= 0.3 is 0 Å². The third kappa shape index (κ3) is 4.27. The smallest absolute Gasteiger partial charge is 0.251 e. The summed E-state index contributed by atoms with van der Waals surface area (Å²) >= 11 is 6.10. The fourth-order valence-corrected chi connectivity index (χ4v) is 5.43. The molecule has 0 spiro atoms. The SMILES string of the molecule is O=C(CN1C2CCC1CN(Cc1nc3c(Cl)cc(F)cc3[nH]1)C2)N1CCC(F)(F)CC1. The van der Waals surface area contributed by atoms with Gasteiger partial charge in [-0.25, -0.2) is 18.2 Å². The lowest BCUT2D eigenvalue weighted by Gasteiger charge is -2.41. The number of imidazole rings is 1. The number of aromatic amines is 1. The molecule has 2 atom stereocenters. The second-order valence-corrected chi connectivity index (χ2v) is 9.36. The van der Waals surface area contributed by atoms with Crippen LogP contribution in [0.15, 0.2) is 12.1 Å². The number of hydrogen-bond acceptors (Lipinski definition) is 4. The van der Waals surface area contributed by atoms with E-state index in [0.717, 1.165) is 31.8 Å². The van der Waals surface area contributed by atoms with Gasteiger partial charge in [0.25, 0.3) is 5.92 Å². The van der Waals surface area contributed by atoms with Crippen LogP contribution in [0.3, 0.4) is 0 Å². The van der Waals surface area contributed by atoms with E-state index in [2.05, 4.69) is 19.8 Å². The molecule has 5 rings (SSSR count). The van der Waals surface area contributed by atoms with Gasteiger partial charge in [0.1, 0.15) is 17.2 Å². The lowest BCUT2D eigenvalue weighted by Crippen LogP contribution is -2.56. The van der Waals surface area contributed by atoms with Crippen molar-refractivity contribution in [3.8, 4) is 0 Å². The molecule has 2 bridgehead atoms. The second-order valence-electron chi connectivity index (χ2n) is 8.96. The first-order valence-electron chi connectivity index (χ1n) is 10.7. The summed E-state index contributed by atoms with van der Waals surface area (Å²) in [5.41, 5.74) is 1.15. The van der Waals surface area contributed by atoms with E-state index < -0.39 is 11.7 Å². The Hall–Kier alpha value is -1.84. The molecule has 168 valence electrons. The monoisotopic (exact) mass is 455 g/mol. The van der Waals surface area contributed by atoms with Gasteiger partial charge in [-0.3, -0.25) is 14.6 Å². The van der Waals surface area contributed by atoms with Crippen LogP contribution >= 0.6 is 11.6 Å². The minimum Gasteiger partial charge on any atom is -0.341 e. The Morgan fingerprint density at radius 3 is 2.55 bits per heavy atom. The van der Waals surface area contributed by atoms with Gasteiger partial charge in [-0.15, -0.1) is 0 Å². The molecule has 1 aromatic heterocycles. The van der Waals surface area contributed by atoms with Gasteiger partial charge in [-0.05, 0) is 25.0 Å². The predicted molar refractivity (Wildman–Crippen MR) is 111 cm³/mol. The first kappa shape index (κ1) is 21.0. The van der Waals surface area contributed by atoms with E-state index in [-0.39, 0.29) is 48.9 Å². The highest BCUT2D eigenvalue weighted by Gasteiger charge is 2.42. The fraction of sp³-hybridized carbons (Fsp3) is 0.619. The number of amides is 1. The van der Waals surface area contributed by atoms with E-state index in [1.807, 2.05) is 0 Å². The second kappa shape index (κ2) is 7.94. The third-order valence-electron chi connectivity index (χ3n) is 6.80. The summed E-state index contributed by atoms with van der Waals surface area (Å²) in [6, 6.07) is 3.17. The van der Waals surface area contributed by atoms with Gasteiger partial charge in [0.15, 0.2) is 0 Å². The van der Waals surface area contributed by atoms with Crippen molar-refractivity contribution >= 4 is 28.5 Å². The summed E-state index contributed by atoms with van der Waals surface area (Å²) in [5.74, 6) is -2.36. The number of aromatic nitrogens is 2. The number of carbonyl (C=O) groups is 1. The van der Waals surface area contributed by atoms with Crippen molar-refractivity contribution < 1.29 is 18.0 Å². The molecule has 31 heavy (non-hydrogen) atoms. The Bertz CT molecular complexity index is 975. The maximum atomic E-state index is 13.6. The Labute approximate surface area is 183 Å². The zero-order valence-corrected chi connectivity index (χ0v) is 17.8. The average Bonchev–Trinajstić information content (AvgIpc) is 3.19. The number of likely N-dealkylation sites (tertiary alicyclic amines) is 2. The molecule has 3 aliphatic heterocycles. The summed E-state index contributed by atoms with van der Waals surface area (Å²) in [4.78, 5) is 26.5. The maximum Gasteiger partial charge on any atom is 0.251 e. The molecule has 0 aliphatic carbocycles. The van der Waals surface area contributed by atoms with Crippen molar-refractivity contribution in [3.63, 3.8) is 0 Å². The van der Waals surface area contributed by atoms with Crippen LogP contribution in [0, 0.1) is 5.82 Å². The van der Waals surface area contributed by atoms with Crippen LogP contribution in [-0.4, -0.2) is 81.3 Å². The minimum atomic E-state index is -2.64. The third-order valence-corrected chi connectivity index (χ3v) is 7.09. The van der Waals surface area contributed by atoms with Gasteiger partial charge in [0.05, 0.1) is 23.6 Å². The Kier molecular flexibility index (Phi) is 5.38. The molecule has 4 heterocycles. The number of rotatable bonds is 4. The normalized spacial score (nSPS) is 26.6. The summed E-state index contributed by atoms with van der Waals surface area (Å²) in [6.07, 6.45) is 1.54. The van der Waals surface area contributed by atoms with Crippen molar-refractivity contribution in [2.45, 2.75) is 50.2 Å². The van der Waals surface area contributed by atoms with E-state index in [0.29, 0.717) is 24.1 Å². The number of H-pyrrole nitrogens is 1. The minimum absolute atomic E-state index is 0.0465. The van der Waals surface area contributed by atoms with Crippen LogP contribution in [0.5, 0.6) is 0 Å². The topological polar surface area (TPSA) is 55.5 Å². The molecule has 1 aromatic carbocycles. The zero-order valence-electron chi connectivity index (χ0n) is 17.1. The van der Waals surface area contributed by atoms with E-state index in [1.165, 1.54) is 12.1 Å². The predicted octanol–water partition coefficient (Wildman–Crippen LogP) is 3.26. The number of nitrogens with one attached hydrogen (secondary N) is 1. The maximum absolute atomic E-state index is 13.6. The Morgan fingerprint density at radius 1 is 1.19 bits per heavy atom. The largest absolute Gasteiger partial charge is 0.341 e. The number of alkyl halides is 2. The van der Waals surface area contributed by atoms with Crippen LogP contribution in [-0.2, 0) is 11.3 Å². The summed E-state index contributed by atoms with van der Waals surface area (Å²) in [7, 11) is 0. The fourth-order valence-electron chi connectivity index (χ4n) is 5.18. The number of benzene rings is 1. The summed E-state index contributed by atoms with van der Waals surface area (Å²) < 4.78 is 40.3. The molecule has 2 aromatic rings. The van der Waals surface area contributed by atoms with Gasteiger partial charge in [-0.2, -0.15) is 0 Å². The van der Waals surface area contributed by atoms with Crippen molar-refractivity contribution in [3.05, 3.63) is 28.8 Å². The van der Waals surface area contributed by atoms with Gasteiger partial charge in [0, 0.05) is 51.1 Å². The van der Waals surface area contributed by atoms with Gasteiger partial charge in [0.2, 0.25) is 5.91 Å². The Morgan fingerprint density at radius 2 is 1.87 bits per heavy atom. The lowest BCUT2D eigenvalue weighted by molar-refractivity contribution is -0.140. The number of fused-ring (bicyclic) bond motifs is 3. The van der Waals surface area contributed by atoms with Crippen LogP contribution in [0.2, 0.25) is 5.02 Å². The van der Waals surface area contributed by atoms with Crippen LogP contribution in [0.25, 0.3) is 11.0 Å². The van der Waals surface area contributed by atoms with Crippen molar-refractivity contribution in [2.75, 3.05) is 32.7 Å². The molecular weight excluding hydrogens is 431 g/mol. The summed E-state index contributed by atoms with van der Waals surface area (Å²) in [6.45, 7) is 2.78. The Balaban J connectivity index is 1.20. The molecule has 0 saturated carbocycles. The summed E-state index contributed by atoms with van der Waals surface area (Å²) in [5, 5.41) is 0.288. The molecule has 1 N–H and O–H groups in total. The van der Waals surface area contributed by atoms with Crippen molar-refractivity contribution in [1.29, 1.82) is 0 Å². The first-order valence-corrected chi connectivity index (χ1v) is 11.1. The lowest BCUT2D eigenvalue weighted by atomic mass is 10.1. The van der Waals surface area contributed by atoms with Crippen molar-refractivity contribution in [2.24, 2.45) is 0 Å². The standard InChI is InChI=1S/C21H25ClF3N5O/c22-16-7-13(23)8-17-20(16)27-18(26-17)11-28-9-14-1-2-15(10-28)30(14)12-19(31)29-5-3-21(24,25)4-6-29/h7-8,14-15H,1-6,9-12H2,(H,26,27). The molecule has 2 unspecified atom stereocenters. The van der Waals surface area contributed by atoms with Crippen molar-refractivity contribution in [1.82, 2.24) is 24.7 Å². The molecular formula is C21H25ClF3N5O. The highest BCUT2D eigenvalue weighted by atomic mass is 35.5. The molecule has 6 nitrogen and oxygen atoms in total. The number of piperidine rings is 1. The first-order chi connectivity index (χ1) is 14.8.